The van der Waals surface area contributed by atoms with Gasteiger partial charge in [0.25, 0.3) is 17.7 Å². The number of carbonyl (C=O) groups is 6. The number of benzene rings is 8. The maximum absolute atomic E-state index is 15.1. The van der Waals surface area contributed by atoms with Crippen LogP contribution < -0.4 is 20.9 Å². The van der Waals surface area contributed by atoms with Crippen molar-refractivity contribution in [3.63, 3.8) is 0 Å². The van der Waals surface area contributed by atoms with Gasteiger partial charge in [0.15, 0.2) is 34.3 Å². The molecular formula is C111H109F6N23O9. The molecule has 0 unspecified atom stereocenters. The number of carbonyl (C=O) groups excluding carboxylic acids is 6. The molecule has 32 nitrogen and oxygen atoms in total. The van der Waals surface area contributed by atoms with Crippen molar-refractivity contribution in [3.05, 3.63) is 289 Å². The molecule has 4 fully saturated rings. The van der Waals surface area contributed by atoms with Crippen LogP contribution in [0.5, 0.6) is 0 Å². The van der Waals surface area contributed by atoms with Gasteiger partial charge in [0, 0.05) is 241 Å². The number of fused-ring (bicyclic) bond motifs is 3. The summed E-state index contributed by atoms with van der Waals surface area (Å²) in [4.78, 5) is 123. The van der Waals surface area contributed by atoms with E-state index in [2.05, 4.69) is 113 Å². The number of anilines is 4. The van der Waals surface area contributed by atoms with Crippen LogP contribution in [0.4, 0.5) is 49.1 Å². The van der Waals surface area contributed by atoms with Gasteiger partial charge in [0.1, 0.15) is 28.8 Å². The third-order valence-corrected chi connectivity index (χ3v) is 29.0. The molecule has 6 aliphatic heterocycles. The number of likely N-dealkylation sites (tertiary alicyclic amines) is 4. The topological polar surface area (TPSA) is 365 Å². The summed E-state index contributed by atoms with van der Waals surface area (Å²) < 4.78 is 101. The first-order valence-electron chi connectivity index (χ1n) is 49.0. The second-order valence-corrected chi connectivity index (χ2v) is 38.5. The Morgan fingerprint density at radius 2 is 0.765 bits per heavy atom. The molecule has 4 saturated heterocycles. The lowest BCUT2D eigenvalue weighted by atomic mass is 9.74. The summed E-state index contributed by atoms with van der Waals surface area (Å²) in [5, 5.41) is 33.2. The van der Waals surface area contributed by atoms with E-state index in [1.54, 1.807) is 121 Å². The predicted octanol–water partition coefficient (Wildman–Crippen LogP) is 16.3. The third-order valence-electron chi connectivity index (χ3n) is 29.0. The molecule has 7 aromatic heterocycles. The van der Waals surface area contributed by atoms with E-state index in [1.165, 1.54) is 50.1 Å². The first-order chi connectivity index (χ1) is 72.0. The zero-order valence-electron chi connectivity index (χ0n) is 82.8. The number of pyridine rings is 1. The first-order valence-corrected chi connectivity index (χ1v) is 49.0. The molecule has 15 aromatic rings. The summed E-state index contributed by atoms with van der Waals surface area (Å²) in [7, 11) is 8.52. The highest BCUT2D eigenvalue weighted by Crippen LogP contribution is 2.42. The van der Waals surface area contributed by atoms with E-state index in [9.17, 15) is 46.3 Å². The number of nitrogens with one attached hydrogen (secondary N) is 6. The highest BCUT2D eigenvalue weighted by atomic mass is 19.4. The number of halogens is 6. The van der Waals surface area contributed by atoms with Gasteiger partial charge in [0.05, 0.1) is 47.6 Å². The monoisotopic (exact) mass is 2020 g/mol. The van der Waals surface area contributed by atoms with Crippen molar-refractivity contribution >= 4 is 102 Å². The van der Waals surface area contributed by atoms with E-state index in [0.717, 1.165) is 86.1 Å². The highest BCUT2D eigenvalue weighted by Gasteiger charge is 2.50. The molecule has 0 aliphatic carbocycles. The van der Waals surface area contributed by atoms with Crippen molar-refractivity contribution in [2.75, 3.05) is 154 Å². The molecule has 764 valence electrons. The molecule has 3 atom stereocenters. The zero-order valence-corrected chi connectivity index (χ0v) is 82.8. The lowest BCUT2D eigenvalue weighted by Gasteiger charge is -2.40. The van der Waals surface area contributed by atoms with E-state index >= 15 is 8.78 Å². The number of hydrogen-bond donors (Lipinski definition) is 6. The van der Waals surface area contributed by atoms with Crippen LogP contribution in [-0.4, -0.2) is 281 Å². The quantitative estimate of drug-likeness (QED) is 0.0289. The summed E-state index contributed by atoms with van der Waals surface area (Å²) in [6.45, 7) is 8.08. The SMILES string of the molecule is CO[C@@]1(C(=O)Nc2ccc3[nH]nc(-c4ccc(F)cc4)c3c2)CCN(CC(=O)N2CCC(C)(c3ccc(-c4ncccn4)cc3)CC2)C1.CO[C@@]1(C(=O)Nc2ccc3[nH]nc(-c4ccc(N(C)C)cc4)c3c2)CCN(CC(=O)N2CC=C(c3ccc(-c4ncccn4)cc3F)CC2)C1.CO[C@@]1(C(=O)Nc2ccc3[nH]nc(-c4ccnc(C(F)(F)F)c4)c3c2)CCN(CC(=O)N2CC=C(c3ccc(-c4ncccn4)cc3F)CC2)C1. The van der Waals surface area contributed by atoms with E-state index < -0.39 is 34.6 Å². The van der Waals surface area contributed by atoms with Gasteiger partial charge in [-0.1, -0.05) is 79.7 Å². The largest absolute Gasteiger partial charge is 0.433 e. The fourth-order valence-electron chi connectivity index (χ4n) is 20.1. The number of rotatable bonds is 25. The molecule has 21 rings (SSSR count). The maximum atomic E-state index is 15.1. The molecule has 0 radical (unpaired) electrons. The molecular weight excluding hydrogens is 1910 g/mol. The van der Waals surface area contributed by atoms with Crippen LogP contribution in [0.25, 0.3) is 112 Å². The van der Waals surface area contributed by atoms with Crippen LogP contribution in [0.2, 0.25) is 0 Å². The molecule has 149 heavy (non-hydrogen) atoms. The van der Waals surface area contributed by atoms with Crippen molar-refractivity contribution < 1.29 is 69.3 Å². The van der Waals surface area contributed by atoms with Crippen molar-refractivity contribution in [1.29, 1.82) is 0 Å². The summed E-state index contributed by atoms with van der Waals surface area (Å²) in [5.74, 6) is -0.437. The maximum Gasteiger partial charge on any atom is 0.433 e. The number of methoxy groups -OCH3 is 3. The third kappa shape index (κ3) is 22.3. The number of amides is 6. The number of nitrogens with zero attached hydrogens (tertiary/aromatic N) is 17. The fourth-order valence-corrected chi connectivity index (χ4v) is 20.1. The van der Waals surface area contributed by atoms with Gasteiger partial charge in [-0.3, -0.25) is 63.7 Å². The van der Waals surface area contributed by atoms with Gasteiger partial charge in [-0.05, 0) is 201 Å². The van der Waals surface area contributed by atoms with Gasteiger partial charge in [0.2, 0.25) is 17.7 Å². The Morgan fingerprint density at radius 3 is 1.13 bits per heavy atom. The molecule has 13 heterocycles. The Kier molecular flexibility index (Phi) is 29.7. The second kappa shape index (κ2) is 43.6. The van der Waals surface area contributed by atoms with E-state index in [0.29, 0.717) is 171 Å². The molecule has 6 N–H and O–H groups in total. The standard InChI is InChI=1S/C38H39FN8O3.C37H38FN7O3.C36H32F4N8O3/c1-45(2)29-9-5-26(6-10-29)35-31-22-28(8-12-33(31)43-44-35)42-37(49)38(50-3)15-20-46(24-38)23-34(48)47-18-13-25(14-19-47)30-11-7-27(21-32(30)39)36-40-16-4-17-41-36;1-36(27-8-4-26(5-9-27)34-39-17-3-18-40-34)14-20-45(21-15-36)32(46)23-44-19-16-37(24-44,48-2)35(47)41-29-12-13-31-30(22-29)33(43-42-31)25-6-10-28(38)11-7-25;1-51-35(34(50)44-25-4-6-29-27(19-25)32(46-45-29)23-7-13-41-30(18-23)36(38,39)40)10-16-47(21-35)20-31(49)48-14-8-22(9-15-48)26-5-3-24(17-28(26)37)33-42-11-2-12-43-33/h4-13,16-17,21-22H,14-15,18-20,23-24H2,1-3H3,(H,42,49)(H,43,44);3-13,17-18,22H,14-16,19-21,23-24H2,1-2H3,(H,41,47)(H,42,43);2-8,11-13,17-19H,9-10,14-16,20-21H2,1H3,(H,44,50)(H,45,46)/t38-;37-;35-/m000/s1. The number of ether oxygens (including phenoxy) is 3. The van der Waals surface area contributed by atoms with Gasteiger partial charge in [-0.25, -0.2) is 43.1 Å². The van der Waals surface area contributed by atoms with Crippen LogP contribution in [-0.2, 0) is 54.6 Å². The first kappa shape index (κ1) is 102. The molecule has 8 aromatic carbocycles. The van der Waals surface area contributed by atoms with Crippen molar-refractivity contribution in [2.45, 2.75) is 80.3 Å². The van der Waals surface area contributed by atoms with Gasteiger partial charge in [-0.15, -0.1) is 0 Å². The summed E-state index contributed by atoms with van der Waals surface area (Å²) in [6, 6.07) is 56.4. The number of hydrogen-bond acceptors (Lipinski definition) is 23. The molecule has 0 saturated carbocycles. The van der Waals surface area contributed by atoms with Gasteiger partial charge < -0.3 is 49.8 Å². The Labute approximate surface area is 853 Å². The second-order valence-electron chi connectivity index (χ2n) is 38.5. The average Bonchev–Trinajstić information content (AvgIpc) is 1.39. The minimum absolute atomic E-state index is 0.0248. The summed E-state index contributed by atoms with van der Waals surface area (Å²) in [6.07, 6.45) is 14.2. The van der Waals surface area contributed by atoms with Crippen LogP contribution in [0.15, 0.2) is 250 Å². The smallest absolute Gasteiger partial charge is 0.378 e. The Bertz CT molecular complexity index is 7520. The van der Waals surface area contributed by atoms with Crippen molar-refractivity contribution in [1.82, 2.24) is 94.9 Å². The predicted molar refractivity (Wildman–Crippen MR) is 554 cm³/mol. The molecule has 6 amide bonds. The van der Waals surface area contributed by atoms with E-state index in [-0.39, 0.29) is 96.4 Å². The summed E-state index contributed by atoms with van der Waals surface area (Å²) in [5.41, 5.74) is 10.3. The lowest BCUT2D eigenvalue weighted by molar-refractivity contribution is -0.141. The number of aromatic nitrogens is 13. The lowest BCUT2D eigenvalue weighted by Crippen LogP contribution is -2.49. The van der Waals surface area contributed by atoms with Crippen molar-refractivity contribution in [2.24, 2.45) is 0 Å². The molecule has 6 aliphatic rings. The van der Waals surface area contributed by atoms with Crippen LogP contribution >= 0.6 is 0 Å². The minimum atomic E-state index is -4.61. The number of alkyl halides is 3. The number of H-pyrrole nitrogens is 3. The fraction of sp³-hybridized carbons (Fsp3) is 0.297. The Balaban J connectivity index is 0.000000140. The molecule has 0 bridgehead atoms. The highest BCUT2D eigenvalue weighted by molar-refractivity contribution is 6.05. The van der Waals surface area contributed by atoms with Crippen LogP contribution in [0.3, 0.4) is 0 Å². The van der Waals surface area contributed by atoms with Crippen LogP contribution in [0, 0.1) is 17.5 Å². The van der Waals surface area contributed by atoms with E-state index in [4.69, 9.17) is 14.2 Å². The number of aromatic amines is 3. The van der Waals surface area contributed by atoms with Crippen molar-refractivity contribution in [3.8, 4) is 67.9 Å². The van der Waals surface area contributed by atoms with Gasteiger partial charge >= 0.3 is 6.18 Å². The minimum Gasteiger partial charge on any atom is -0.378 e. The Morgan fingerprint density at radius 1 is 0.396 bits per heavy atom. The number of piperidine rings is 1. The molecule has 0 spiro atoms. The normalized spacial score (nSPS) is 18.5. The van der Waals surface area contributed by atoms with E-state index in [1.807, 2.05) is 117 Å². The average molecular weight is 2020 g/mol. The van der Waals surface area contributed by atoms with Gasteiger partial charge in [-0.2, -0.15) is 28.5 Å². The summed E-state index contributed by atoms with van der Waals surface area (Å²) >= 11 is 0. The molecule has 38 heteroatoms. The van der Waals surface area contributed by atoms with Crippen LogP contribution in [0.1, 0.15) is 74.3 Å². The zero-order chi connectivity index (χ0) is 104. The Hall–Kier alpha value is -16.0.